The van der Waals surface area contributed by atoms with E-state index in [1.54, 1.807) is 79.9 Å². The molecule has 1 aliphatic rings. The highest BCUT2D eigenvalue weighted by molar-refractivity contribution is 9.10. The zero-order chi connectivity index (χ0) is 35.0. The predicted octanol–water partition coefficient (Wildman–Crippen LogP) is 8.60. The maximum Gasteiger partial charge on any atom is 0.343 e. The highest BCUT2D eigenvalue weighted by Crippen LogP contribution is 2.39. The molecule has 5 aromatic rings. The van der Waals surface area contributed by atoms with Crippen LogP contribution >= 0.6 is 15.9 Å². The van der Waals surface area contributed by atoms with Gasteiger partial charge in [-0.3, -0.25) is 9.59 Å². The van der Waals surface area contributed by atoms with E-state index in [4.69, 9.17) is 18.9 Å². The van der Waals surface area contributed by atoms with Crippen LogP contribution in [0.2, 0.25) is 0 Å². The Labute approximate surface area is 298 Å². The molecule has 0 radical (unpaired) electrons. The first-order chi connectivity index (χ1) is 24.4. The lowest BCUT2D eigenvalue weighted by atomic mass is 10.0. The van der Waals surface area contributed by atoms with E-state index >= 15 is 0 Å². The lowest BCUT2D eigenvalue weighted by Gasteiger charge is -2.34. The second kappa shape index (κ2) is 15.6. The van der Waals surface area contributed by atoms with Gasteiger partial charge in [0, 0.05) is 0 Å². The van der Waals surface area contributed by atoms with E-state index in [1.165, 1.54) is 6.08 Å². The number of imide groups is 2. The Morgan fingerprint density at radius 3 is 1.78 bits per heavy atom. The minimum absolute atomic E-state index is 0.186. The van der Waals surface area contributed by atoms with Gasteiger partial charge in [0.1, 0.15) is 18.8 Å². The van der Waals surface area contributed by atoms with Crippen LogP contribution in [-0.2, 0) is 22.8 Å². The third-order valence-corrected chi connectivity index (χ3v) is 8.36. The zero-order valence-corrected chi connectivity index (χ0v) is 29.0. The molecule has 0 spiro atoms. The monoisotopic (exact) mass is 732 g/mol. The molecule has 1 saturated heterocycles. The number of methoxy groups -OCH3 is 1. The molecule has 1 fully saturated rings. The second-order valence-corrected chi connectivity index (χ2v) is 12.0. The molecule has 10 heteroatoms. The number of para-hydroxylation sites is 2. The number of halogens is 1. The van der Waals surface area contributed by atoms with E-state index < -0.39 is 17.8 Å². The number of hydrogen-bond donors (Lipinski definition) is 0. The number of ether oxygens (including phenoxy) is 4. The average molecular weight is 734 g/mol. The van der Waals surface area contributed by atoms with E-state index in [2.05, 4.69) is 15.9 Å². The van der Waals surface area contributed by atoms with Gasteiger partial charge in [0.2, 0.25) is 0 Å². The summed E-state index contributed by atoms with van der Waals surface area (Å²) in [5, 5.41) is 0. The molecule has 0 aliphatic carbocycles. The Hall–Kier alpha value is -5.87. The summed E-state index contributed by atoms with van der Waals surface area (Å²) in [5.74, 6) is 0.540. The van der Waals surface area contributed by atoms with Crippen molar-refractivity contribution in [1.82, 2.24) is 0 Å². The van der Waals surface area contributed by atoms with Crippen LogP contribution in [0.3, 0.4) is 0 Å². The average Bonchev–Trinajstić information content (AvgIpc) is 3.14. The molecule has 1 heterocycles. The van der Waals surface area contributed by atoms with Gasteiger partial charge in [0.25, 0.3) is 11.8 Å². The van der Waals surface area contributed by atoms with Gasteiger partial charge in [-0.05, 0) is 94.2 Å². The summed E-state index contributed by atoms with van der Waals surface area (Å²) in [6.07, 6.45) is 1.46. The number of amides is 4. The number of hydrogen-bond acceptors (Lipinski definition) is 7. The lowest BCUT2D eigenvalue weighted by molar-refractivity contribution is -0.121. The molecule has 0 atom stereocenters. The lowest BCUT2D eigenvalue weighted by Crippen LogP contribution is -2.57. The van der Waals surface area contributed by atoms with Crippen molar-refractivity contribution in [2.24, 2.45) is 0 Å². The van der Waals surface area contributed by atoms with Crippen LogP contribution in [-0.4, -0.2) is 31.6 Å². The molecule has 5 aromatic carbocycles. The smallest absolute Gasteiger partial charge is 0.343 e. The number of carbonyl (C=O) groups excluding carboxylic acids is 3. The summed E-state index contributed by atoms with van der Waals surface area (Å²) in [6, 6.07) is 35.1. The van der Waals surface area contributed by atoms with Crippen LogP contribution in [0.15, 0.2) is 131 Å². The fourth-order valence-corrected chi connectivity index (χ4v) is 5.97. The van der Waals surface area contributed by atoms with Crippen molar-refractivity contribution in [1.29, 1.82) is 0 Å². The first kappa shape index (κ1) is 34.0. The fourth-order valence-electron chi connectivity index (χ4n) is 5.39. The van der Waals surface area contributed by atoms with Crippen LogP contribution in [0.5, 0.6) is 23.0 Å². The van der Waals surface area contributed by atoms with Crippen LogP contribution in [0.1, 0.15) is 23.6 Å². The number of carbonyl (C=O) groups is 3. The quantitative estimate of drug-likeness (QED) is 0.0937. The molecular formula is C40H33BrN2O7. The third kappa shape index (κ3) is 7.40. The molecular weight excluding hydrogens is 700 g/mol. The minimum Gasteiger partial charge on any atom is -0.493 e. The number of benzene rings is 5. The number of urea groups is 1. The molecule has 1 aliphatic heterocycles. The standard InChI is InChI=1S/C40H33BrN2O7/c1-3-48-36-24-29(21-32-38(44)42(30-15-9-5-10-16-30)40(46)43(39(32)45)31-17-11-6-12-18-31)22-33(41)37(36)50-26-28-19-20-34(35(23-28)47-2)49-25-27-13-7-4-8-14-27/h4-24H,3,25-26H2,1-2H3. The topological polar surface area (TPSA) is 94.6 Å². The summed E-state index contributed by atoms with van der Waals surface area (Å²) in [6.45, 7) is 2.77. The van der Waals surface area contributed by atoms with Crippen LogP contribution in [0.25, 0.3) is 6.08 Å². The van der Waals surface area contributed by atoms with E-state index in [0.29, 0.717) is 57.6 Å². The van der Waals surface area contributed by atoms with E-state index in [1.807, 2.05) is 55.5 Å². The molecule has 9 nitrogen and oxygen atoms in total. The summed E-state index contributed by atoms with van der Waals surface area (Å²) >= 11 is 3.60. The Morgan fingerprint density at radius 2 is 1.20 bits per heavy atom. The SMILES string of the molecule is CCOc1cc(C=C2C(=O)N(c3ccccc3)C(=O)N(c3ccccc3)C2=O)cc(Br)c1OCc1ccc(OCc2ccccc2)c(OC)c1. The molecule has 6 rings (SSSR count). The summed E-state index contributed by atoms with van der Waals surface area (Å²) in [7, 11) is 1.59. The van der Waals surface area contributed by atoms with Gasteiger partial charge in [0.15, 0.2) is 23.0 Å². The molecule has 252 valence electrons. The highest BCUT2D eigenvalue weighted by atomic mass is 79.9. The Morgan fingerprint density at radius 1 is 0.620 bits per heavy atom. The first-order valence-electron chi connectivity index (χ1n) is 15.9. The Balaban J connectivity index is 1.28. The van der Waals surface area contributed by atoms with Gasteiger partial charge in [-0.25, -0.2) is 14.6 Å². The van der Waals surface area contributed by atoms with Gasteiger partial charge >= 0.3 is 6.03 Å². The molecule has 0 unspecified atom stereocenters. The predicted molar refractivity (Wildman–Crippen MR) is 195 cm³/mol. The summed E-state index contributed by atoms with van der Waals surface area (Å²) in [4.78, 5) is 43.3. The number of rotatable bonds is 12. The van der Waals surface area contributed by atoms with Crippen LogP contribution in [0, 0.1) is 0 Å². The van der Waals surface area contributed by atoms with Crippen LogP contribution < -0.4 is 28.7 Å². The number of barbiturate groups is 1. The molecule has 0 N–H and O–H groups in total. The van der Waals surface area contributed by atoms with Gasteiger partial charge in [-0.2, -0.15) is 0 Å². The van der Waals surface area contributed by atoms with Crippen molar-refractivity contribution in [2.75, 3.05) is 23.5 Å². The van der Waals surface area contributed by atoms with Crippen molar-refractivity contribution in [3.05, 3.63) is 148 Å². The van der Waals surface area contributed by atoms with Crippen LogP contribution in [0.4, 0.5) is 16.2 Å². The maximum absolute atomic E-state index is 13.8. The van der Waals surface area contributed by atoms with Crippen molar-refractivity contribution < 1.29 is 33.3 Å². The third-order valence-electron chi connectivity index (χ3n) is 7.77. The first-order valence-corrected chi connectivity index (χ1v) is 16.6. The number of nitrogens with zero attached hydrogens (tertiary/aromatic N) is 2. The van der Waals surface area contributed by atoms with E-state index in [0.717, 1.165) is 20.9 Å². The van der Waals surface area contributed by atoms with Crippen molar-refractivity contribution in [3.63, 3.8) is 0 Å². The van der Waals surface area contributed by atoms with Crippen molar-refractivity contribution >= 4 is 51.2 Å². The van der Waals surface area contributed by atoms with Gasteiger partial charge in [0.05, 0.1) is 29.6 Å². The zero-order valence-electron chi connectivity index (χ0n) is 27.4. The largest absolute Gasteiger partial charge is 0.493 e. The summed E-state index contributed by atoms with van der Waals surface area (Å²) in [5.41, 5.74) is 2.85. The van der Waals surface area contributed by atoms with Gasteiger partial charge in [-0.1, -0.05) is 72.8 Å². The van der Waals surface area contributed by atoms with E-state index in [-0.39, 0.29) is 12.2 Å². The summed E-state index contributed by atoms with van der Waals surface area (Å²) < 4.78 is 24.3. The maximum atomic E-state index is 13.8. The van der Waals surface area contributed by atoms with Crippen molar-refractivity contribution in [2.45, 2.75) is 20.1 Å². The molecule has 4 amide bonds. The molecule has 0 aromatic heterocycles. The second-order valence-electron chi connectivity index (χ2n) is 11.1. The van der Waals surface area contributed by atoms with E-state index in [9.17, 15) is 14.4 Å². The minimum atomic E-state index is -0.762. The van der Waals surface area contributed by atoms with Gasteiger partial charge in [-0.15, -0.1) is 0 Å². The van der Waals surface area contributed by atoms with Gasteiger partial charge < -0.3 is 18.9 Å². The number of anilines is 2. The molecule has 0 bridgehead atoms. The Kier molecular flexibility index (Phi) is 10.6. The normalized spacial score (nSPS) is 12.9. The van der Waals surface area contributed by atoms with Crippen molar-refractivity contribution in [3.8, 4) is 23.0 Å². The molecule has 0 saturated carbocycles. The Bertz CT molecular complexity index is 1970. The molecule has 50 heavy (non-hydrogen) atoms. The highest BCUT2D eigenvalue weighted by Gasteiger charge is 2.43. The fraction of sp³-hybridized carbons (Fsp3) is 0.125.